The second kappa shape index (κ2) is 8.96. The van der Waals surface area contributed by atoms with Gasteiger partial charge < -0.3 is 4.74 Å². The third-order valence-corrected chi connectivity index (χ3v) is 5.48. The number of likely N-dealkylation sites (tertiary alicyclic amines) is 1. The quantitative estimate of drug-likeness (QED) is 0.577. The summed E-state index contributed by atoms with van der Waals surface area (Å²) >= 11 is 0. The molecule has 1 aliphatic heterocycles. The summed E-state index contributed by atoms with van der Waals surface area (Å²) in [5.74, 6) is 1.92. The van der Waals surface area contributed by atoms with E-state index < -0.39 is 0 Å². The molecule has 0 N–H and O–H groups in total. The molecule has 150 valence electrons. The summed E-state index contributed by atoms with van der Waals surface area (Å²) in [4.78, 5) is 15.1. The van der Waals surface area contributed by atoms with Crippen molar-refractivity contribution in [3.05, 3.63) is 71.5 Å². The van der Waals surface area contributed by atoms with E-state index in [2.05, 4.69) is 32.6 Å². The number of ether oxygens (including phenoxy) is 1. The highest BCUT2D eigenvalue weighted by Gasteiger charge is 2.26. The number of nitrogens with zero attached hydrogens (tertiary/aromatic N) is 5. The number of tetrazole rings is 1. The molecule has 0 radical (unpaired) electrons. The topological polar surface area (TPSA) is 73.1 Å². The van der Waals surface area contributed by atoms with Gasteiger partial charge in [0.1, 0.15) is 5.75 Å². The summed E-state index contributed by atoms with van der Waals surface area (Å²) in [5.41, 5.74) is 1.93. The number of hydrogen-bond acceptors (Lipinski definition) is 6. The van der Waals surface area contributed by atoms with E-state index in [1.807, 2.05) is 47.1 Å². The minimum atomic E-state index is 0.0694. The molecule has 0 amide bonds. The van der Waals surface area contributed by atoms with E-state index in [4.69, 9.17) is 4.74 Å². The zero-order valence-corrected chi connectivity index (χ0v) is 16.6. The molecule has 7 nitrogen and oxygen atoms in total. The van der Waals surface area contributed by atoms with Crippen LogP contribution in [0.3, 0.4) is 0 Å². The third kappa shape index (κ3) is 4.68. The summed E-state index contributed by atoms with van der Waals surface area (Å²) in [6.07, 6.45) is 1.70. The van der Waals surface area contributed by atoms with Gasteiger partial charge in [-0.05, 0) is 66.2 Å². The van der Waals surface area contributed by atoms with Crippen LogP contribution >= 0.6 is 0 Å². The van der Waals surface area contributed by atoms with E-state index in [1.165, 1.54) is 5.56 Å². The smallest absolute Gasteiger partial charge is 0.166 e. The first kappa shape index (κ1) is 19.3. The van der Waals surface area contributed by atoms with E-state index in [1.54, 1.807) is 7.11 Å². The zero-order chi connectivity index (χ0) is 20.1. The first-order chi connectivity index (χ1) is 14.2. The summed E-state index contributed by atoms with van der Waals surface area (Å²) in [7, 11) is 1.63. The Labute approximate surface area is 170 Å². The van der Waals surface area contributed by atoms with Gasteiger partial charge >= 0.3 is 0 Å². The fourth-order valence-corrected chi connectivity index (χ4v) is 3.76. The van der Waals surface area contributed by atoms with Crippen LogP contribution in [0.25, 0.3) is 0 Å². The van der Waals surface area contributed by atoms with Crippen molar-refractivity contribution in [3.8, 4) is 5.75 Å². The molecule has 1 aromatic heterocycles. The summed E-state index contributed by atoms with van der Waals surface area (Å²) < 4.78 is 7.02. The van der Waals surface area contributed by atoms with Crippen LogP contribution in [0.2, 0.25) is 0 Å². The molecule has 1 saturated heterocycles. The predicted molar refractivity (Wildman–Crippen MR) is 109 cm³/mol. The molecule has 2 heterocycles. The molecule has 0 saturated carbocycles. The molecule has 2 aromatic carbocycles. The number of methoxy groups -OCH3 is 1. The Bertz CT molecular complexity index is 931. The maximum absolute atomic E-state index is 12.8. The number of benzene rings is 2. The van der Waals surface area contributed by atoms with Crippen molar-refractivity contribution >= 4 is 5.78 Å². The van der Waals surface area contributed by atoms with Gasteiger partial charge in [-0.15, -0.1) is 5.10 Å². The van der Waals surface area contributed by atoms with Gasteiger partial charge in [-0.2, -0.15) is 0 Å². The largest absolute Gasteiger partial charge is 0.497 e. The molecule has 0 spiro atoms. The maximum Gasteiger partial charge on any atom is 0.166 e. The van der Waals surface area contributed by atoms with Crippen molar-refractivity contribution < 1.29 is 9.53 Å². The van der Waals surface area contributed by atoms with Crippen LogP contribution in [-0.4, -0.2) is 51.1 Å². The zero-order valence-electron chi connectivity index (χ0n) is 16.6. The number of rotatable bonds is 7. The summed E-state index contributed by atoms with van der Waals surface area (Å²) in [6.45, 7) is 3.09. The van der Waals surface area contributed by atoms with E-state index in [0.717, 1.165) is 43.1 Å². The van der Waals surface area contributed by atoms with Crippen molar-refractivity contribution in [1.29, 1.82) is 0 Å². The minimum Gasteiger partial charge on any atom is -0.497 e. The molecule has 0 aliphatic carbocycles. The van der Waals surface area contributed by atoms with Gasteiger partial charge in [-0.25, -0.2) is 4.68 Å². The fraction of sp³-hybridized carbons (Fsp3) is 0.364. The van der Waals surface area contributed by atoms with Crippen LogP contribution in [0, 0.1) is 5.92 Å². The number of hydrogen-bond donors (Lipinski definition) is 0. The number of carbonyl (C=O) groups excluding carboxylic acids is 1. The second-order valence-corrected chi connectivity index (χ2v) is 7.38. The molecular weight excluding hydrogens is 366 g/mol. The van der Waals surface area contributed by atoms with Crippen LogP contribution in [0.4, 0.5) is 0 Å². The lowest BCUT2D eigenvalue weighted by Gasteiger charge is -2.30. The van der Waals surface area contributed by atoms with E-state index in [9.17, 15) is 4.79 Å². The molecule has 0 atom stereocenters. The average molecular weight is 391 g/mol. The molecule has 29 heavy (non-hydrogen) atoms. The fourth-order valence-electron chi connectivity index (χ4n) is 3.76. The summed E-state index contributed by atoms with van der Waals surface area (Å²) in [5, 5.41) is 12.2. The Morgan fingerprint density at radius 2 is 1.76 bits per heavy atom. The Hall–Kier alpha value is -3.06. The van der Waals surface area contributed by atoms with Crippen LogP contribution in [0.1, 0.15) is 34.6 Å². The number of Topliss-reactive ketones (excluding diaryl/α,β-unsaturated/α-hetero) is 1. The minimum absolute atomic E-state index is 0.0694. The van der Waals surface area contributed by atoms with Gasteiger partial charge in [0.25, 0.3) is 0 Å². The molecule has 0 bridgehead atoms. The van der Waals surface area contributed by atoms with Crippen molar-refractivity contribution in [2.24, 2.45) is 5.92 Å². The first-order valence-electron chi connectivity index (χ1n) is 9.92. The predicted octanol–water partition coefficient (Wildman–Crippen LogP) is 2.82. The number of piperidine rings is 1. The van der Waals surface area contributed by atoms with E-state index >= 15 is 0 Å². The van der Waals surface area contributed by atoms with Crippen molar-refractivity contribution in [2.75, 3.05) is 20.2 Å². The standard InChI is InChI=1S/C22H25N5O2/c1-29-20-9-7-18(8-10-20)22(28)19-11-13-26(14-12-19)16-21-23-24-25-27(21)15-17-5-3-2-4-6-17/h2-10,19H,11-16H2,1H3. The SMILES string of the molecule is COc1ccc(C(=O)C2CCN(Cc3nnnn3Cc3ccccc3)CC2)cc1. The van der Waals surface area contributed by atoms with E-state index in [-0.39, 0.29) is 11.7 Å². The van der Waals surface area contributed by atoms with Crippen LogP contribution in [0.5, 0.6) is 5.75 Å². The highest BCUT2D eigenvalue weighted by atomic mass is 16.5. The number of ketones is 1. The van der Waals surface area contributed by atoms with Gasteiger partial charge in [0.2, 0.25) is 0 Å². The third-order valence-electron chi connectivity index (χ3n) is 5.48. The monoisotopic (exact) mass is 391 g/mol. The highest BCUT2D eigenvalue weighted by molar-refractivity contribution is 5.98. The lowest BCUT2D eigenvalue weighted by Crippen LogP contribution is -2.36. The van der Waals surface area contributed by atoms with Crippen molar-refractivity contribution in [1.82, 2.24) is 25.1 Å². The van der Waals surface area contributed by atoms with Gasteiger partial charge in [0.15, 0.2) is 11.6 Å². The Morgan fingerprint density at radius 1 is 1.03 bits per heavy atom. The van der Waals surface area contributed by atoms with Crippen molar-refractivity contribution in [2.45, 2.75) is 25.9 Å². The van der Waals surface area contributed by atoms with Crippen LogP contribution in [0.15, 0.2) is 54.6 Å². The lowest BCUT2D eigenvalue weighted by molar-refractivity contribution is 0.0831. The average Bonchev–Trinajstić information content (AvgIpc) is 3.21. The maximum atomic E-state index is 12.8. The van der Waals surface area contributed by atoms with Crippen LogP contribution in [-0.2, 0) is 13.1 Å². The molecule has 3 aromatic rings. The van der Waals surface area contributed by atoms with Gasteiger partial charge in [-0.3, -0.25) is 9.69 Å². The van der Waals surface area contributed by atoms with Gasteiger partial charge in [-0.1, -0.05) is 30.3 Å². The molecular formula is C22H25N5O2. The Morgan fingerprint density at radius 3 is 2.45 bits per heavy atom. The summed E-state index contributed by atoms with van der Waals surface area (Å²) in [6, 6.07) is 17.6. The highest BCUT2D eigenvalue weighted by Crippen LogP contribution is 2.24. The van der Waals surface area contributed by atoms with Gasteiger partial charge in [0, 0.05) is 11.5 Å². The first-order valence-corrected chi connectivity index (χ1v) is 9.92. The second-order valence-electron chi connectivity index (χ2n) is 7.38. The Kier molecular flexibility index (Phi) is 5.95. The molecule has 4 rings (SSSR count). The molecule has 7 heteroatoms. The molecule has 1 fully saturated rings. The van der Waals surface area contributed by atoms with E-state index in [0.29, 0.717) is 13.1 Å². The number of aromatic nitrogens is 4. The normalized spacial score (nSPS) is 15.3. The van der Waals surface area contributed by atoms with Crippen molar-refractivity contribution in [3.63, 3.8) is 0 Å². The molecule has 0 unspecified atom stereocenters. The number of carbonyl (C=O) groups is 1. The Balaban J connectivity index is 1.32. The van der Waals surface area contributed by atoms with Crippen LogP contribution < -0.4 is 4.74 Å². The molecule has 1 aliphatic rings. The lowest BCUT2D eigenvalue weighted by atomic mass is 9.89. The van der Waals surface area contributed by atoms with Gasteiger partial charge in [0.05, 0.1) is 20.2 Å².